The van der Waals surface area contributed by atoms with E-state index in [0.29, 0.717) is 4.90 Å². The molecule has 1 saturated heterocycles. The van der Waals surface area contributed by atoms with Crippen molar-refractivity contribution in [2.75, 3.05) is 0 Å². The van der Waals surface area contributed by atoms with Gasteiger partial charge in [-0.1, -0.05) is 31.0 Å². The van der Waals surface area contributed by atoms with Crippen LogP contribution in [-0.2, 0) is 14.6 Å². The van der Waals surface area contributed by atoms with Crippen LogP contribution in [0, 0.1) is 0 Å². The average molecular weight is 264 g/mol. The van der Waals surface area contributed by atoms with Crippen LogP contribution in [0.15, 0.2) is 46.7 Å². The minimum atomic E-state index is -3.33. The highest BCUT2D eigenvalue weighted by Gasteiger charge is 2.55. The molecule has 1 aliphatic heterocycles. The summed E-state index contributed by atoms with van der Waals surface area (Å²) in [5, 5.41) is 1.31. The van der Waals surface area contributed by atoms with Crippen molar-refractivity contribution in [1.82, 2.24) is 0 Å². The number of benzene rings is 1. The zero-order chi connectivity index (χ0) is 12.6. The Morgan fingerprint density at radius 2 is 2.00 bits per heavy atom. The van der Waals surface area contributed by atoms with Gasteiger partial charge in [0.1, 0.15) is 5.60 Å². The average Bonchev–Trinajstić information content (AvgIpc) is 3.13. The van der Waals surface area contributed by atoms with Gasteiger partial charge >= 0.3 is 0 Å². The number of epoxide rings is 1. The third-order valence-electron chi connectivity index (χ3n) is 3.73. The minimum absolute atomic E-state index is 0.244. The molecule has 0 unspecified atom stereocenters. The van der Waals surface area contributed by atoms with Gasteiger partial charge in [0.25, 0.3) is 0 Å². The van der Waals surface area contributed by atoms with E-state index in [1.165, 1.54) is 11.8 Å². The second-order valence-corrected chi connectivity index (χ2v) is 6.80. The molecule has 96 valence electrons. The summed E-state index contributed by atoms with van der Waals surface area (Å²) >= 11 is 0. The van der Waals surface area contributed by atoms with Gasteiger partial charge in [-0.05, 0) is 31.1 Å². The molecule has 0 N–H and O–H groups in total. The molecule has 0 aromatic heterocycles. The van der Waals surface area contributed by atoms with Crippen molar-refractivity contribution < 1.29 is 13.2 Å². The number of hydrogen-bond donors (Lipinski definition) is 0. The first-order chi connectivity index (χ1) is 8.62. The first-order valence-corrected chi connectivity index (χ1v) is 7.84. The van der Waals surface area contributed by atoms with Gasteiger partial charge in [-0.25, -0.2) is 8.42 Å². The maximum Gasteiger partial charge on any atom is 0.199 e. The van der Waals surface area contributed by atoms with Gasteiger partial charge in [0, 0.05) is 5.41 Å². The molecule has 0 spiro atoms. The van der Waals surface area contributed by atoms with Gasteiger partial charge in [0.15, 0.2) is 9.84 Å². The van der Waals surface area contributed by atoms with Crippen LogP contribution in [0.4, 0.5) is 0 Å². The zero-order valence-corrected chi connectivity index (χ0v) is 10.9. The van der Waals surface area contributed by atoms with Crippen LogP contribution < -0.4 is 0 Å². The molecule has 0 radical (unpaired) electrons. The van der Waals surface area contributed by atoms with Crippen LogP contribution in [0.3, 0.4) is 0 Å². The summed E-state index contributed by atoms with van der Waals surface area (Å²) in [5.41, 5.74) is -0.278. The molecule has 0 bridgehead atoms. The molecule has 1 saturated carbocycles. The van der Waals surface area contributed by atoms with Gasteiger partial charge < -0.3 is 4.74 Å². The normalized spacial score (nSPS) is 31.2. The first-order valence-electron chi connectivity index (χ1n) is 6.30. The van der Waals surface area contributed by atoms with Crippen LogP contribution in [0.5, 0.6) is 0 Å². The summed E-state index contributed by atoms with van der Waals surface area (Å²) in [6.45, 7) is 0. The van der Waals surface area contributed by atoms with E-state index >= 15 is 0 Å². The van der Waals surface area contributed by atoms with Crippen molar-refractivity contribution in [3.8, 4) is 0 Å². The predicted octanol–water partition coefficient (Wildman–Crippen LogP) is 2.69. The van der Waals surface area contributed by atoms with Crippen LogP contribution in [0.1, 0.15) is 25.7 Å². The van der Waals surface area contributed by atoms with Crippen LogP contribution in [0.25, 0.3) is 0 Å². The molecule has 0 amide bonds. The molecule has 3 rings (SSSR count). The lowest BCUT2D eigenvalue weighted by atomic mass is 9.89. The first kappa shape index (κ1) is 11.9. The summed E-state index contributed by atoms with van der Waals surface area (Å²) in [6, 6.07) is 8.50. The highest BCUT2D eigenvalue weighted by molar-refractivity contribution is 7.94. The molecule has 2 aliphatic rings. The lowest BCUT2D eigenvalue weighted by molar-refractivity contribution is 0.329. The van der Waals surface area contributed by atoms with Crippen molar-refractivity contribution in [2.24, 2.45) is 0 Å². The molecule has 2 fully saturated rings. The Bertz CT molecular complexity index is 562. The van der Waals surface area contributed by atoms with E-state index in [0.717, 1.165) is 19.3 Å². The smallest absolute Gasteiger partial charge is 0.199 e. The van der Waals surface area contributed by atoms with E-state index in [4.69, 9.17) is 4.74 Å². The van der Waals surface area contributed by atoms with Crippen molar-refractivity contribution in [3.05, 3.63) is 41.8 Å². The Hall–Kier alpha value is -1.13. The maximum atomic E-state index is 12.1. The van der Waals surface area contributed by atoms with Gasteiger partial charge in [-0.2, -0.15) is 0 Å². The summed E-state index contributed by atoms with van der Waals surface area (Å²) in [6.07, 6.45) is 6.29. The fourth-order valence-corrected chi connectivity index (χ4v) is 3.71. The Kier molecular flexibility index (Phi) is 2.79. The largest absolute Gasteiger partial charge is 0.362 e. The van der Waals surface area contributed by atoms with Crippen molar-refractivity contribution in [1.29, 1.82) is 0 Å². The molecular weight excluding hydrogens is 248 g/mol. The number of ether oxygens (including phenoxy) is 1. The quantitative estimate of drug-likeness (QED) is 0.789. The van der Waals surface area contributed by atoms with Gasteiger partial charge in [-0.15, -0.1) is 0 Å². The fourth-order valence-electron chi connectivity index (χ4n) is 2.61. The molecule has 3 nitrogen and oxygen atoms in total. The van der Waals surface area contributed by atoms with Crippen LogP contribution >= 0.6 is 0 Å². The third kappa shape index (κ3) is 2.10. The second kappa shape index (κ2) is 4.21. The van der Waals surface area contributed by atoms with E-state index in [-0.39, 0.29) is 11.7 Å². The summed E-state index contributed by atoms with van der Waals surface area (Å²) in [7, 11) is -3.33. The maximum absolute atomic E-state index is 12.1. The summed E-state index contributed by atoms with van der Waals surface area (Å²) < 4.78 is 29.8. The fraction of sp³-hybridized carbons (Fsp3) is 0.429. The molecule has 1 aromatic rings. The van der Waals surface area contributed by atoms with Crippen molar-refractivity contribution >= 4 is 9.84 Å². The standard InChI is InChI=1S/C14H16O3S/c15-18(16,12-6-2-1-3-7-12)11-10-14-9-5-4-8-13(14)17-14/h1-3,6-7,10-11,13H,4-5,8-9H2/b11-10+/t13-,14-/m0/s1. The van der Waals surface area contributed by atoms with E-state index < -0.39 is 9.84 Å². The van der Waals surface area contributed by atoms with E-state index in [9.17, 15) is 8.42 Å². The van der Waals surface area contributed by atoms with Gasteiger partial charge in [0.2, 0.25) is 0 Å². The number of sulfone groups is 1. The highest BCUT2D eigenvalue weighted by atomic mass is 32.2. The molecule has 18 heavy (non-hydrogen) atoms. The molecule has 1 aliphatic carbocycles. The lowest BCUT2D eigenvalue weighted by Gasteiger charge is -2.12. The number of hydrogen-bond acceptors (Lipinski definition) is 3. The SMILES string of the molecule is O=S(=O)(/C=C/[C@@]12CCCC[C@@H]1O2)c1ccccc1. The monoisotopic (exact) mass is 264 g/mol. The van der Waals surface area contributed by atoms with Gasteiger partial charge in [-0.3, -0.25) is 0 Å². The zero-order valence-electron chi connectivity index (χ0n) is 10.1. The van der Waals surface area contributed by atoms with E-state index in [1.54, 1.807) is 30.3 Å². The third-order valence-corrected chi connectivity index (χ3v) is 5.16. The lowest BCUT2D eigenvalue weighted by Crippen LogP contribution is -2.16. The van der Waals surface area contributed by atoms with Crippen molar-refractivity contribution in [3.63, 3.8) is 0 Å². The van der Waals surface area contributed by atoms with Crippen LogP contribution in [-0.4, -0.2) is 20.1 Å². The Labute approximate surface area is 107 Å². The summed E-state index contributed by atoms with van der Waals surface area (Å²) in [5.74, 6) is 0. The highest BCUT2D eigenvalue weighted by Crippen LogP contribution is 2.48. The number of rotatable bonds is 3. The summed E-state index contributed by atoms with van der Waals surface area (Å²) in [4.78, 5) is 0.339. The second-order valence-electron chi connectivity index (χ2n) is 4.97. The Morgan fingerprint density at radius 3 is 2.72 bits per heavy atom. The molecule has 2 atom stereocenters. The topological polar surface area (TPSA) is 46.7 Å². The molecular formula is C14H16O3S. The molecule has 4 heteroatoms. The van der Waals surface area contributed by atoms with Gasteiger partial charge in [0.05, 0.1) is 11.0 Å². The number of fused-ring (bicyclic) bond motifs is 1. The van der Waals surface area contributed by atoms with E-state index in [2.05, 4.69) is 0 Å². The van der Waals surface area contributed by atoms with E-state index in [1.807, 2.05) is 6.07 Å². The minimum Gasteiger partial charge on any atom is -0.362 e. The Morgan fingerprint density at radius 1 is 1.22 bits per heavy atom. The Balaban J connectivity index is 1.81. The van der Waals surface area contributed by atoms with Crippen molar-refractivity contribution in [2.45, 2.75) is 42.3 Å². The van der Waals surface area contributed by atoms with Crippen LogP contribution in [0.2, 0.25) is 0 Å². The molecule has 1 aromatic carbocycles. The molecule has 1 heterocycles. The predicted molar refractivity (Wildman–Crippen MR) is 68.8 cm³/mol.